The minimum absolute atomic E-state index is 0.138. The molecule has 0 radical (unpaired) electrons. The van der Waals surface area contributed by atoms with E-state index in [4.69, 9.17) is 16.3 Å². The molecule has 1 saturated carbocycles. The van der Waals surface area contributed by atoms with Gasteiger partial charge in [-0.3, -0.25) is 0 Å². The van der Waals surface area contributed by atoms with Gasteiger partial charge in [0.15, 0.2) is 0 Å². The fourth-order valence-electron chi connectivity index (χ4n) is 3.51. The van der Waals surface area contributed by atoms with Crippen molar-refractivity contribution in [3.8, 4) is 11.5 Å². The zero-order valence-corrected chi connectivity index (χ0v) is 15.2. The highest BCUT2D eigenvalue weighted by Gasteiger charge is 2.50. The van der Waals surface area contributed by atoms with Gasteiger partial charge in [-0.05, 0) is 66.8 Å². The van der Waals surface area contributed by atoms with Crippen LogP contribution in [0.3, 0.4) is 0 Å². The number of benzene rings is 3. The lowest BCUT2D eigenvalue weighted by molar-refractivity contribution is 0.131. The smallest absolute Gasteiger partial charge is 0.127 e. The number of hydrogen-bond donors (Lipinski definition) is 1. The van der Waals surface area contributed by atoms with Crippen LogP contribution in [-0.4, -0.2) is 11.2 Å². The van der Waals surface area contributed by atoms with Crippen LogP contribution in [0.5, 0.6) is 11.5 Å². The number of para-hydroxylation sites is 1. The Hall–Kier alpha value is -2.29. The van der Waals surface area contributed by atoms with Crippen LogP contribution in [0.25, 0.3) is 0 Å². The fourth-order valence-corrected chi connectivity index (χ4v) is 3.64. The van der Waals surface area contributed by atoms with Crippen molar-refractivity contribution in [2.45, 2.75) is 30.8 Å². The molecule has 4 rings (SSSR count). The third kappa shape index (κ3) is 3.62. The van der Waals surface area contributed by atoms with Crippen molar-refractivity contribution in [1.29, 1.82) is 0 Å². The molecule has 0 bridgehead atoms. The second kappa shape index (κ2) is 7.14. The Morgan fingerprint density at radius 2 is 1.58 bits per heavy atom. The predicted octanol–water partition coefficient (Wildman–Crippen LogP) is 5.77. The molecule has 1 unspecified atom stereocenters. The number of halogens is 1. The largest absolute Gasteiger partial charge is 0.457 e. The van der Waals surface area contributed by atoms with Crippen LogP contribution < -0.4 is 4.74 Å². The van der Waals surface area contributed by atoms with Crippen LogP contribution in [0.15, 0.2) is 78.9 Å². The van der Waals surface area contributed by atoms with Gasteiger partial charge in [-0.1, -0.05) is 54.1 Å². The number of rotatable bonds is 6. The molecule has 1 fully saturated rings. The molecule has 3 aromatic rings. The molecule has 1 N–H and O–H groups in total. The first-order chi connectivity index (χ1) is 12.7. The third-order valence-electron chi connectivity index (χ3n) is 5.15. The van der Waals surface area contributed by atoms with Gasteiger partial charge in [-0.15, -0.1) is 0 Å². The van der Waals surface area contributed by atoms with E-state index in [0.717, 1.165) is 34.9 Å². The summed E-state index contributed by atoms with van der Waals surface area (Å²) >= 11 is 6.00. The molecule has 0 heterocycles. The molecule has 0 saturated heterocycles. The number of ether oxygens (including phenoxy) is 1. The Balaban J connectivity index is 1.48. The second-order valence-electron chi connectivity index (χ2n) is 6.95. The first-order valence-electron chi connectivity index (χ1n) is 8.92. The van der Waals surface area contributed by atoms with Crippen LogP contribution >= 0.6 is 11.6 Å². The molecule has 1 atom stereocenters. The summed E-state index contributed by atoms with van der Waals surface area (Å²) in [6, 6.07) is 25.6. The lowest BCUT2D eigenvalue weighted by Gasteiger charge is -2.23. The van der Waals surface area contributed by atoms with Crippen molar-refractivity contribution in [3.05, 3.63) is 95.0 Å². The maximum absolute atomic E-state index is 10.9. The van der Waals surface area contributed by atoms with Crippen molar-refractivity contribution >= 4 is 11.6 Å². The minimum Gasteiger partial charge on any atom is -0.457 e. The van der Waals surface area contributed by atoms with E-state index >= 15 is 0 Å². The topological polar surface area (TPSA) is 29.5 Å². The molecule has 26 heavy (non-hydrogen) atoms. The summed E-state index contributed by atoms with van der Waals surface area (Å²) in [5.74, 6) is 1.60. The Labute approximate surface area is 159 Å². The summed E-state index contributed by atoms with van der Waals surface area (Å²) < 4.78 is 5.90. The van der Waals surface area contributed by atoms with E-state index in [-0.39, 0.29) is 5.41 Å². The number of aliphatic hydroxyl groups excluding tert-OH is 1. The Kier molecular flexibility index (Phi) is 4.71. The van der Waals surface area contributed by atoms with Gasteiger partial charge in [0, 0.05) is 10.4 Å². The monoisotopic (exact) mass is 364 g/mol. The summed E-state index contributed by atoms with van der Waals surface area (Å²) in [4.78, 5) is 0. The van der Waals surface area contributed by atoms with E-state index in [2.05, 4.69) is 0 Å². The normalized spacial score (nSPS) is 16.1. The van der Waals surface area contributed by atoms with Crippen LogP contribution in [-0.2, 0) is 11.8 Å². The standard InChI is InChI=1S/C23H21ClO2/c24-19-11-9-18(10-12-19)23(13-14-23)22(25)16-17-5-4-8-21(15-17)26-20-6-2-1-3-7-20/h1-12,15,22,25H,13-14,16H2. The summed E-state index contributed by atoms with van der Waals surface area (Å²) in [5, 5.41) is 11.6. The SMILES string of the molecule is OC(Cc1cccc(Oc2ccccc2)c1)C1(c2ccc(Cl)cc2)CC1. The quantitative estimate of drug-likeness (QED) is 0.601. The molecule has 2 nitrogen and oxygen atoms in total. The van der Waals surface area contributed by atoms with Gasteiger partial charge in [0.05, 0.1) is 6.10 Å². The predicted molar refractivity (Wildman–Crippen MR) is 105 cm³/mol. The van der Waals surface area contributed by atoms with Crippen molar-refractivity contribution in [2.24, 2.45) is 0 Å². The minimum atomic E-state index is -0.421. The van der Waals surface area contributed by atoms with Crippen molar-refractivity contribution in [1.82, 2.24) is 0 Å². The molecule has 132 valence electrons. The van der Waals surface area contributed by atoms with E-state index in [1.54, 1.807) is 0 Å². The van der Waals surface area contributed by atoms with Gasteiger partial charge in [0.2, 0.25) is 0 Å². The Morgan fingerprint density at radius 3 is 2.27 bits per heavy atom. The molecule has 0 aromatic heterocycles. The van der Waals surface area contributed by atoms with Crippen LogP contribution in [0.4, 0.5) is 0 Å². The second-order valence-corrected chi connectivity index (χ2v) is 7.38. The van der Waals surface area contributed by atoms with E-state index < -0.39 is 6.10 Å². The average molecular weight is 365 g/mol. The molecular formula is C23H21ClO2. The highest BCUT2D eigenvalue weighted by atomic mass is 35.5. The molecule has 0 amide bonds. The van der Waals surface area contributed by atoms with Crippen LogP contribution in [0.2, 0.25) is 5.02 Å². The first-order valence-corrected chi connectivity index (χ1v) is 9.29. The maximum atomic E-state index is 10.9. The summed E-state index contributed by atoms with van der Waals surface area (Å²) in [5.41, 5.74) is 2.11. The number of hydrogen-bond acceptors (Lipinski definition) is 2. The lowest BCUT2D eigenvalue weighted by Crippen LogP contribution is -2.28. The Bertz CT molecular complexity index is 870. The lowest BCUT2D eigenvalue weighted by atomic mass is 9.86. The van der Waals surface area contributed by atoms with Crippen LogP contribution in [0, 0.1) is 0 Å². The molecule has 0 aliphatic heterocycles. The van der Waals surface area contributed by atoms with Gasteiger partial charge in [0.1, 0.15) is 11.5 Å². The zero-order valence-electron chi connectivity index (χ0n) is 14.4. The summed E-state index contributed by atoms with van der Waals surface area (Å²) in [7, 11) is 0. The van der Waals surface area contributed by atoms with E-state index in [9.17, 15) is 5.11 Å². The Morgan fingerprint density at radius 1 is 0.885 bits per heavy atom. The summed E-state index contributed by atoms with van der Waals surface area (Å²) in [6.07, 6.45) is 2.20. The van der Waals surface area contributed by atoms with Crippen molar-refractivity contribution < 1.29 is 9.84 Å². The summed E-state index contributed by atoms with van der Waals surface area (Å²) in [6.45, 7) is 0. The highest BCUT2D eigenvalue weighted by Crippen LogP contribution is 2.51. The highest BCUT2D eigenvalue weighted by molar-refractivity contribution is 6.30. The van der Waals surface area contributed by atoms with Gasteiger partial charge in [-0.2, -0.15) is 0 Å². The van der Waals surface area contributed by atoms with E-state index in [0.29, 0.717) is 6.42 Å². The first kappa shape index (κ1) is 17.1. The number of aliphatic hydroxyl groups is 1. The fraction of sp³-hybridized carbons (Fsp3) is 0.217. The van der Waals surface area contributed by atoms with Gasteiger partial charge in [0.25, 0.3) is 0 Å². The molecule has 3 heteroatoms. The molecule has 1 aliphatic carbocycles. The molecule has 1 aliphatic rings. The van der Waals surface area contributed by atoms with E-state index in [1.165, 1.54) is 5.56 Å². The zero-order chi connectivity index (χ0) is 18.0. The van der Waals surface area contributed by atoms with Gasteiger partial charge < -0.3 is 9.84 Å². The van der Waals surface area contributed by atoms with Gasteiger partial charge in [-0.25, -0.2) is 0 Å². The molecule has 0 spiro atoms. The molecular weight excluding hydrogens is 344 g/mol. The maximum Gasteiger partial charge on any atom is 0.127 e. The third-order valence-corrected chi connectivity index (χ3v) is 5.40. The van der Waals surface area contributed by atoms with Crippen LogP contribution in [0.1, 0.15) is 24.0 Å². The van der Waals surface area contributed by atoms with E-state index in [1.807, 2.05) is 78.9 Å². The van der Waals surface area contributed by atoms with Crippen molar-refractivity contribution in [2.75, 3.05) is 0 Å². The molecule has 3 aromatic carbocycles. The average Bonchev–Trinajstić information content (AvgIpc) is 3.45. The van der Waals surface area contributed by atoms with Crippen molar-refractivity contribution in [3.63, 3.8) is 0 Å². The van der Waals surface area contributed by atoms with Gasteiger partial charge >= 0.3 is 0 Å².